The number of halogens is 3. The van der Waals surface area contributed by atoms with Gasteiger partial charge in [-0.1, -0.05) is 34.1 Å². The lowest BCUT2D eigenvalue weighted by Crippen LogP contribution is -2.34. The zero-order chi connectivity index (χ0) is 19.3. The Morgan fingerprint density at radius 1 is 1.19 bits per heavy atom. The van der Waals surface area contributed by atoms with Gasteiger partial charge < -0.3 is 10.4 Å². The first-order valence-corrected chi connectivity index (χ1v) is 10.1. The highest BCUT2D eigenvalue weighted by Gasteiger charge is 2.19. The van der Waals surface area contributed by atoms with Crippen molar-refractivity contribution in [3.05, 3.63) is 69.7 Å². The van der Waals surface area contributed by atoms with Crippen LogP contribution in [0.1, 0.15) is 17.2 Å². The van der Waals surface area contributed by atoms with Gasteiger partial charge in [-0.25, -0.2) is 17.2 Å². The fourth-order valence-electron chi connectivity index (χ4n) is 2.27. The summed E-state index contributed by atoms with van der Waals surface area (Å²) in [7, 11) is -3.72. The molecule has 0 aliphatic carbocycles. The first kappa shape index (κ1) is 20.5. The minimum Gasteiger partial charge on any atom is -0.386 e. The highest BCUT2D eigenvalue weighted by Crippen LogP contribution is 2.17. The molecule has 0 spiro atoms. The number of hydrogen-bond donors (Lipinski definition) is 2. The van der Waals surface area contributed by atoms with Crippen molar-refractivity contribution in [1.82, 2.24) is 5.32 Å². The minimum absolute atomic E-state index is 0.191. The Hall–Kier alpha value is -1.84. The van der Waals surface area contributed by atoms with Crippen molar-refractivity contribution in [3.8, 4) is 0 Å². The number of hydrogen-bond acceptors (Lipinski definition) is 4. The van der Waals surface area contributed by atoms with E-state index in [-0.39, 0.29) is 11.3 Å². The molecule has 2 aromatic rings. The Kier molecular flexibility index (Phi) is 6.85. The largest absolute Gasteiger partial charge is 0.386 e. The number of rotatable bonds is 7. The van der Waals surface area contributed by atoms with Crippen LogP contribution in [-0.4, -0.2) is 31.7 Å². The Labute approximate surface area is 158 Å². The molecule has 2 rings (SSSR count). The molecule has 0 radical (unpaired) electrons. The van der Waals surface area contributed by atoms with Gasteiger partial charge in [-0.05, 0) is 23.8 Å². The smallest absolute Gasteiger partial charge is 0.235 e. The molecule has 140 valence electrons. The molecular formula is C17H16BrF2NO4S. The predicted octanol–water partition coefficient (Wildman–Crippen LogP) is 2.49. The van der Waals surface area contributed by atoms with E-state index in [9.17, 15) is 27.1 Å². The van der Waals surface area contributed by atoms with Crippen LogP contribution >= 0.6 is 15.9 Å². The Morgan fingerprint density at radius 2 is 1.92 bits per heavy atom. The van der Waals surface area contributed by atoms with E-state index in [1.807, 2.05) is 0 Å². The Bertz CT molecular complexity index is 905. The van der Waals surface area contributed by atoms with Gasteiger partial charge in [-0.15, -0.1) is 0 Å². The second-order valence-electron chi connectivity index (χ2n) is 5.65. The van der Waals surface area contributed by atoms with E-state index in [1.165, 1.54) is 0 Å². The molecule has 2 aromatic carbocycles. The summed E-state index contributed by atoms with van der Waals surface area (Å²) < 4.78 is 51.3. The van der Waals surface area contributed by atoms with Crippen molar-refractivity contribution >= 4 is 31.7 Å². The van der Waals surface area contributed by atoms with Crippen LogP contribution in [0.25, 0.3) is 0 Å². The highest BCUT2D eigenvalue weighted by molar-refractivity contribution is 9.10. The van der Waals surface area contributed by atoms with E-state index in [0.717, 1.165) is 16.6 Å². The van der Waals surface area contributed by atoms with Crippen LogP contribution < -0.4 is 5.32 Å². The van der Waals surface area contributed by atoms with Crippen LogP contribution in [0.2, 0.25) is 0 Å². The molecule has 2 N–H and O–H groups in total. The molecule has 0 fully saturated rings. The van der Waals surface area contributed by atoms with Gasteiger partial charge in [0, 0.05) is 22.6 Å². The summed E-state index contributed by atoms with van der Waals surface area (Å²) in [6, 6.07) is 9.35. The van der Waals surface area contributed by atoms with Gasteiger partial charge in [0.1, 0.15) is 17.4 Å². The molecule has 1 amide bonds. The summed E-state index contributed by atoms with van der Waals surface area (Å²) in [5.41, 5.74) is 0.337. The van der Waals surface area contributed by atoms with Crippen molar-refractivity contribution in [2.24, 2.45) is 0 Å². The second-order valence-corrected chi connectivity index (χ2v) is 8.63. The maximum Gasteiger partial charge on any atom is 0.235 e. The van der Waals surface area contributed by atoms with Crippen molar-refractivity contribution in [2.75, 3.05) is 12.3 Å². The highest BCUT2D eigenvalue weighted by atomic mass is 79.9. The van der Waals surface area contributed by atoms with Gasteiger partial charge in [0.15, 0.2) is 9.84 Å². The maximum absolute atomic E-state index is 13.6. The molecule has 9 heteroatoms. The Morgan fingerprint density at radius 3 is 2.58 bits per heavy atom. The third-order valence-electron chi connectivity index (χ3n) is 3.44. The van der Waals surface area contributed by atoms with E-state index < -0.39 is 45.8 Å². The fraction of sp³-hybridized carbons (Fsp3) is 0.235. The normalized spacial score (nSPS) is 12.6. The lowest BCUT2D eigenvalue weighted by molar-refractivity contribution is -0.119. The summed E-state index contributed by atoms with van der Waals surface area (Å²) in [5, 5.41) is 12.1. The molecule has 0 aliphatic rings. The van der Waals surface area contributed by atoms with E-state index in [2.05, 4.69) is 21.2 Å². The number of benzene rings is 2. The van der Waals surface area contributed by atoms with Crippen LogP contribution in [0.5, 0.6) is 0 Å². The topological polar surface area (TPSA) is 83.5 Å². The number of amides is 1. The van der Waals surface area contributed by atoms with Crippen molar-refractivity contribution in [1.29, 1.82) is 0 Å². The summed E-state index contributed by atoms with van der Waals surface area (Å²) in [6.45, 7) is -0.395. The SMILES string of the molecule is O=C(CS(=O)(=O)Cc1cccc(Br)c1)NCC(O)c1ccc(F)cc1F. The van der Waals surface area contributed by atoms with Gasteiger partial charge >= 0.3 is 0 Å². The molecule has 0 aliphatic heterocycles. The third kappa shape index (κ3) is 6.15. The standard InChI is InChI=1S/C17H16BrF2NO4S/c18-12-3-1-2-11(6-12)9-26(24,25)10-17(23)21-8-16(22)14-5-4-13(19)7-15(14)20/h1-7,16,22H,8-10H2,(H,21,23). The Balaban J connectivity index is 1.91. The first-order valence-electron chi connectivity index (χ1n) is 7.51. The number of aliphatic hydroxyl groups excluding tert-OH is 1. The number of aliphatic hydroxyl groups is 1. The molecule has 0 aromatic heterocycles. The number of nitrogens with one attached hydrogen (secondary N) is 1. The van der Waals surface area contributed by atoms with Gasteiger partial charge in [-0.2, -0.15) is 0 Å². The fourth-order valence-corrected chi connectivity index (χ4v) is 4.01. The summed E-state index contributed by atoms with van der Waals surface area (Å²) >= 11 is 3.24. The summed E-state index contributed by atoms with van der Waals surface area (Å²) in [6.07, 6.45) is -1.42. The zero-order valence-electron chi connectivity index (χ0n) is 13.5. The molecule has 0 saturated carbocycles. The van der Waals surface area contributed by atoms with Crippen LogP contribution in [0.3, 0.4) is 0 Å². The van der Waals surface area contributed by atoms with Crippen LogP contribution in [0, 0.1) is 11.6 Å². The van der Waals surface area contributed by atoms with Crippen molar-refractivity contribution in [2.45, 2.75) is 11.9 Å². The zero-order valence-corrected chi connectivity index (χ0v) is 15.9. The molecule has 0 heterocycles. The first-order chi connectivity index (χ1) is 12.2. The monoisotopic (exact) mass is 447 g/mol. The molecule has 26 heavy (non-hydrogen) atoms. The number of sulfone groups is 1. The van der Waals surface area contributed by atoms with Gasteiger partial charge in [0.25, 0.3) is 0 Å². The average Bonchev–Trinajstić information content (AvgIpc) is 2.51. The molecule has 1 unspecified atom stereocenters. The van der Waals surface area contributed by atoms with Crippen LogP contribution in [-0.2, 0) is 20.4 Å². The summed E-state index contributed by atoms with van der Waals surface area (Å²) in [4.78, 5) is 11.8. The average molecular weight is 448 g/mol. The summed E-state index contributed by atoms with van der Waals surface area (Å²) in [5.74, 6) is -3.63. The van der Waals surface area contributed by atoms with Gasteiger partial charge in [-0.3, -0.25) is 4.79 Å². The van der Waals surface area contributed by atoms with Crippen LogP contribution in [0.15, 0.2) is 46.9 Å². The van der Waals surface area contributed by atoms with Crippen LogP contribution in [0.4, 0.5) is 8.78 Å². The molecule has 0 saturated heterocycles. The molecule has 0 bridgehead atoms. The predicted molar refractivity (Wildman–Crippen MR) is 96.0 cm³/mol. The van der Waals surface area contributed by atoms with Crippen molar-refractivity contribution < 1.29 is 27.1 Å². The quantitative estimate of drug-likeness (QED) is 0.682. The minimum atomic E-state index is -3.72. The van der Waals surface area contributed by atoms with E-state index in [1.54, 1.807) is 24.3 Å². The lowest BCUT2D eigenvalue weighted by Gasteiger charge is -2.13. The van der Waals surface area contributed by atoms with E-state index in [0.29, 0.717) is 11.6 Å². The second kappa shape index (κ2) is 8.70. The van der Waals surface area contributed by atoms with Crippen molar-refractivity contribution in [3.63, 3.8) is 0 Å². The number of carbonyl (C=O) groups excluding carboxylic acids is 1. The van der Waals surface area contributed by atoms with Gasteiger partial charge in [0.05, 0.1) is 11.9 Å². The maximum atomic E-state index is 13.6. The van der Waals surface area contributed by atoms with E-state index >= 15 is 0 Å². The lowest BCUT2D eigenvalue weighted by atomic mass is 10.1. The molecular weight excluding hydrogens is 432 g/mol. The van der Waals surface area contributed by atoms with Gasteiger partial charge in [0.2, 0.25) is 5.91 Å². The number of carbonyl (C=O) groups is 1. The van der Waals surface area contributed by atoms with E-state index in [4.69, 9.17) is 0 Å². The molecule has 1 atom stereocenters. The third-order valence-corrected chi connectivity index (χ3v) is 5.41. The molecule has 5 nitrogen and oxygen atoms in total.